The summed E-state index contributed by atoms with van der Waals surface area (Å²) >= 11 is 0. The molecule has 1 unspecified atom stereocenters. The van der Waals surface area contributed by atoms with Crippen molar-refractivity contribution in [1.29, 1.82) is 0 Å². The van der Waals surface area contributed by atoms with Gasteiger partial charge in [-0.15, -0.1) is 0 Å². The molecule has 296 valence electrons. The maximum atomic E-state index is 13.2. The summed E-state index contributed by atoms with van der Waals surface area (Å²) in [6.07, 6.45) is 7.23. The summed E-state index contributed by atoms with van der Waals surface area (Å²) in [5.74, 6) is -3.12. The number of para-hydroxylation sites is 1. The zero-order valence-corrected chi connectivity index (χ0v) is 31.7. The van der Waals surface area contributed by atoms with E-state index in [4.69, 9.17) is 4.74 Å². The van der Waals surface area contributed by atoms with E-state index in [2.05, 4.69) is 31.6 Å². The van der Waals surface area contributed by atoms with Crippen molar-refractivity contribution in [2.45, 2.75) is 70.4 Å². The third-order valence-corrected chi connectivity index (χ3v) is 9.88. The van der Waals surface area contributed by atoms with Crippen molar-refractivity contribution in [2.24, 2.45) is 0 Å². The Morgan fingerprint density at radius 2 is 1.63 bits per heavy atom. The fourth-order valence-electron chi connectivity index (χ4n) is 6.89. The minimum absolute atomic E-state index is 0.00944. The Balaban J connectivity index is 0.864. The molecule has 3 aromatic carbocycles. The summed E-state index contributed by atoms with van der Waals surface area (Å²) in [5.41, 5.74) is 3.56. The van der Waals surface area contributed by atoms with Gasteiger partial charge in [-0.2, -0.15) is 0 Å². The number of carbonyl (C=O) groups is 7. The minimum atomic E-state index is -1.09. The number of benzene rings is 3. The summed E-state index contributed by atoms with van der Waals surface area (Å²) in [5, 5.41) is 14.8. The van der Waals surface area contributed by atoms with Gasteiger partial charge in [0, 0.05) is 50.2 Å². The molecule has 5 N–H and O–H groups in total. The van der Waals surface area contributed by atoms with E-state index in [1.807, 2.05) is 48.5 Å². The second kappa shape index (κ2) is 18.8. The molecule has 1 saturated heterocycles. The fraction of sp³-hybridized carbons (Fsp3) is 0.333. The highest BCUT2D eigenvalue weighted by Gasteiger charge is 2.46. The second-order valence-electron chi connectivity index (χ2n) is 13.9. The first-order chi connectivity index (χ1) is 27.6. The van der Waals surface area contributed by atoms with Gasteiger partial charge in [0.15, 0.2) is 6.61 Å². The number of carbonyl (C=O) groups excluding carboxylic acids is 7. The number of imide groups is 2. The number of unbranched alkanes of at least 4 members (excludes halogenated alkanes) is 5. The summed E-state index contributed by atoms with van der Waals surface area (Å²) in [7, 11) is 1.58. The minimum Gasteiger partial charge on any atom is -0.483 e. The molecule has 2 aliphatic heterocycles. The van der Waals surface area contributed by atoms with Gasteiger partial charge in [-0.3, -0.25) is 48.8 Å². The van der Waals surface area contributed by atoms with Gasteiger partial charge in [0.25, 0.3) is 23.6 Å². The number of ether oxygens (including phenoxy) is 1. The molecule has 15 nitrogen and oxygen atoms in total. The Morgan fingerprint density at radius 1 is 0.860 bits per heavy atom. The molecule has 0 aliphatic carbocycles. The van der Waals surface area contributed by atoms with Gasteiger partial charge in [0.05, 0.1) is 27.9 Å². The number of hydrogen-bond acceptors (Lipinski definition) is 10. The zero-order valence-electron chi connectivity index (χ0n) is 31.7. The lowest BCUT2D eigenvalue weighted by Gasteiger charge is -2.27. The van der Waals surface area contributed by atoms with Crippen LogP contribution in [0, 0.1) is 0 Å². The van der Waals surface area contributed by atoms with Crippen LogP contribution in [0.25, 0.3) is 10.9 Å². The van der Waals surface area contributed by atoms with Crippen LogP contribution in [0.15, 0.2) is 72.9 Å². The van der Waals surface area contributed by atoms with E-state index in [9.17, 15) is 33.6 Å². The molecule has 7 amide bonds. The van der Waals surface area contributed by atoms with Crippen molar-refractivity contribution in [2.75, 3.05) is 25.5 Å². The topological polar surface area (TPSA) is 205 Å². The van der Waals surface area contributed by atoms with E-state index in [0.29, 0.717) is 30.8 Å². The number of rotatable bonds is 18. The number of pyridine rings is 1. The normalized spacial score (nSPS) is 14.9. The van der Waals surface area contributed by atoms with Gasteiger partial charge in [-0.25, -0.2) is 0 Å². The van der Waals surface area contributed by atoms with Crippen molar-refractivity contribution in [3.05, 3.63) is 95.2 Å². The highest BCUT2D eigenvalue weighted by molar-refractivity contribution is 6.24. The third kappa shape index (κ3) is 9.79. The third-order valence-electron chi connectivity index (χ3n) is 9.88. The fourth-order valence-corrected chi connectivity index (χ4v) is 6.89. The number of nitrogens with one attached hydrogen (secondary N) is 5. The summed E-state index contributed by atoms with van der Waals surface area (Å²) < 4.78 is 5.63. The maximum absolute atomic E-state index is 13.2. The lowest BCUT2D eigenvalue weighted by Crippen LogP contribution is -2.54. The van der Waals surface area contributed by atoms with Gasteiger partial charge >= 0.3 is 0 Å². The first-order valence-electron chi connectivity index (χ1n) is 19.1. The second-order valence-corrected chi connectivity index (χ2v) is 13.9. The molecule has 15 heteroatoms. The van der Waals surface area contributed by atoms with Crippen molar-refractivity contribution < 1.29 is 38.3 Å². The molecule has 1 fully saturated rings. The Kier molecular flexibility index (Phi) is 13.2. The molecule has 4 aromatic rings. The van der Waals surface area contributed by atoms with Crippen LogP contribution in [0.5, 0.6) is 5.75 Å². The van der Waals surface area contributed by atoms with Crippen LogP contribution >= 0.6 is 0 Å². The largest absolute Gasteiger partial charge is 0.483 e. The smallest absolute Gasteiger partial charge is 0.266 e. The highest BCUT2D eigenvalue weighted by atomic mass is 16.5. The molecule has 3 heterocycles. The average molecular weight is 776 g/mol. The van der Waals surface area contributed by atoms with Crippen LogP contribution in [0.2, 0.25) is 0 Å². The van der Waals surface area contributed by atoms with Crippen LogP contribution in [0.4, 0.5) is 11.4 Å². The van der Waals surface area contributed by atoms with Crippen LogP contribution < -0.4 is 31.3 Å². The molecular formula is C42H45N7O8. The van der Waals surface area contributed by atoms with Gasteiger partial charge in [-0.1, -0.05) is 56.0 Å². The van der Waals surface area contributed by atoms with Gasteiger partial charge in [-0.05, 0) is 61.2 Å². The highest BCUT2D eigenvalue weighted by Crippen LogP contribution is 2.34. The van der Waals surface area contributed by atoms with Crippen LogP contribution in [0.3, 0.4) is 0 Å². The lowest BCUT2D eigenvalue weighted by atomic mass is 10.0. The summed E-state index contributed by atoms with van der Waals surface area (Å²) in [4.78, 5) is 93.2. The van der Waals surface area contributed by atoms with Crippen molar-refractivity contribution in [3.63, 3.8) is 0 Å². The van der Waals surface area contributed by atoms with E-state index in [1.165, 1.54) is 18.2 Å². The molecule has 1 aromatic heterocycles. The van der Waals surface area contributed by atoms with Crippen molar-refractivity contribution in [3.8, 4) is 5.75 Å². The molecule has 0 radical (unpaired) electrons. The molecule has 0 spiro atoms. The van der Waals surface area contributed by atoms with Gasteiger partial charge in [0.2, 0.25) is 17.7 Å². The first-order valence-corrected chi connectivity index (χ1v) is 19.1. The van der Waals surface area contributed by atoms with Crippen molar-refractivity contribution >= 4 is 63.6 Å². The summed E-state index contributed by atoms with van der Waals surface area (Å²) in [6, 6.07) is 18.7. The molecule has 2 aliphatic rings. The van der Waals surface area contributed by atoms with E-state index in [1.54, 1.807) is 13.2 Å². The molecule has 57 heavy (non-hydrogen) atoms. The Bertz CT molecular complexity index is 2190. The predicted molar refractivity (Wildman–Crippen MR) is 211 cm³/mol. The lowest BCUT2D eigenvalue weighted by molar-refractivity contribution is -0.136. The first kappa shape index (κ1) is 40.0. The maximum Gasteiger partial charge on any atom is 0.266 e. The Morgan fingerprint density at radius 3 is 2.40 bits per heavy atom. The van der Waals surface area contributed by atoms with E-state index < -0.39 is 29.7 Å². The SMILES string of the molecule is CNC(=O)c1cnc2ccc(CNC(=O)CCCCCCCCNC(=O)COc3cccc4c3C(=O)N(C3CCC(=O)NC3=O)C4=O)cc2c1Nc1ccccc1. The number of anilines is 2. The van der Waals surface area contributed by atoms with Crippen LogP contribution in [0.1, 0.15) is 94.4 Å². The summed E-state index contributed by atoms with van der Waals surface area (Å²) in [6.45, 7) is 0.427. The van der Waals surface area contributed by atoms with Crippen molar-refractivity contribution in [1.82, 2.24) is 31.2 Å². The average Bonchev–Trinajstić information content (AvgIpc) is 3.47. The molecule has 0 saturated carbocycles. The number of fused-ring (bicyclic) bond motifs is 2. The van der Waals surface area contributed by atoms with E-state index >= 15 is 0 Å². The Hall–Kier alpha value is -6.64. The predicted octanol–water partition coefficient (Wildman–Crippen LogP) is 4.28. The standard InChI is InChI=1S/C42H45N7O8/c1-43-39(53)30-24-45-31-18-17-26(22-29(31)38(30)47-27-12-7-6-8-13-27)23-46-34(50)16-9-4-2-3-5-10-21-44-36(52)25-57-33-15-11-14-28-37(33)42(56)49(41(28)55)32-19-20-35(51)48-40(32)54/h6-8,11-15,17-18,22,24,32H,2-5,9-10,16,19-21,23,25H2,1H3,(H,43,53)(H,44,52)(H,45,47)(H,46,50)(H,48,51,54). The monoisotopic (exact) mass is 775 g/mol. The molecule has 0 bridgehead atoms. The van der Waals surface area contributed by atoms with Gasteiger partial charge in [0.1, 0.15) is 11.8 Å². The quantitative estimate of drug-likeness (QED) is 0.0717. The molecular weight excluding hydrogens is 731 g/mol. The van der Waals surface area contributed by atoms with Crippen LogP contribution in [-0.4, -0.2) is 77.5 Å². The number of nitrogens with zero attached hydrogens (tertiary/aromatic N) is 2. The molecule has 6 rings (SSSR count). The van der Waals surface area contributed by atoms with E-state index in [-0.39, 0.29) is 54.0 Å². The van der Waals surface area contributed by atoms with E-state index in [0.717, 1.165) is 65.6 Å². The van der Waals surface area contributed by atoms with Gasteiger partial charge < -0.3 is 26.0 Å². The van der Waals surface area contributed by atoms with Crippen LogP contribution in [-0.2, 0) is 25.7 Å². The Labute approximate surface area is 329 Å². The number of aromatic nitrogens is 1. The number of piperidine rings is 1. The zero-order chi connectivity index (χ0) is 40.3. The molecule has 1 atom stereocenters. The number of amides is 7. The number of hydrogen-bond donors (Lipinski definition) is 5.